The summed E-state index contributed by atoms with van der Waals surface area (Å²) >= 11 is 15.9. The number of benzene rings is 3. The third-order valence-electron chi connectivity index (χ3n) is 4.80. The van der Waals surface area contributed by atoms with Gasteiger partial charge < -0.3 is 20.1 Å². The number of amides is 3. The first-order valence-corrected chi connectivity index (χ1v) is 12.8. The maximum atomic E-state index is 12.2. The summed E-state index contributed by atoms with van der Waals surface area (Å²) in [5.74, 6) is -1.23. The molecule has 198 valence electrons. The van der Waals surface area contributed by atoms with Crippen LogP contribution in [0.25, 0.3) is 0 Å². The highest BCUT2D eigenvalue weighted by atomic mass is 79.9. The molecule has 0 unspecified atom stereocenters. The van der Waals surface area contributed by atoms with Crippen LogP contribution in [-0.2, 0) is 21.0 Å². The summed E-state index contributed by atoms with van der Waals surface area (Å²) in [7, 11) is 0. The van der Waals surface area contributed by atoms with Crippen LogP contribution < -0.4 is 25.5 Å². The zero-order chi connectivity index (χ0) is 27.7. The van der Waals surface area contributed by atoms with E-state index in [4.69, 9.17) is 32.7 Å². The Labute approximate surface area is 237 Å². The Bertz CT molecular complexity index is 1350. The second kappa shape index (κ2) is 13.8. The zero-order valence-corrected chi connectivity index (χ0v) is 23.4. The molecule has 0 aliphatic heterocycles. The molecule has 0 aromatic heterocycles. The number of halogens is 3. The molecule has 12 heteroatoms. The van der Waals surface area contributed by atoms with Crippen LogP contribution in [0.4, 0.5) is 11.4 Å². The predicted octanol–water partition coefficient (Wildman–Crippen LogP) is 5.78. The van der Waals surface area contributed by atoms with Crippen molar-refractivity contribution in [3.05, 3.63) is 80.2 Å². The highest BCUT2D eigenvalue weighted by molar-refractivity contribution is 9.10. The second-order valence-corrected chi connectivity index (χ2v) is 9.33. The number of carbonyl (C=O) groups excluding carboxylic acids is 3. The van der Waals surface area contributed by atoms with E-state index < -0.39 is 11.8 Å². The van der Waals surface area contributed by atoms with E-state index in [1.165, 1.54) is 13.1 Å². The maximum Gasteiger partial charge on any atom is 0.329 e. The van der Waals surface area contributed by atoms with Crippen LogP contribution in [0.3, 0.4) is 0 Å². The van der Waals surface area contributed by atoms with Gasteiger partial charge in [0.1, 0.15) is 6.61 Å². The molecule has 38 heavy (non-hydrogen) atoms. The van der Waals surface area contributed by atoms with Gasteiger partial charge in [0.15, 0.2) is 11.5 Å². The lowest BCUT2D eigenvalue weighted by Gasteiger charge is -2.15. The van der Waals surface area contributed by atoms with Gasteiger partial charge in [-0.2, -0.15) is 5.10 Å². The van der Waals surface area contributed by atoms with E-state index in [9.17, 15) is 14.4 Å². The molecule has 0 saturated carbocycles. The summed E-state index contributed by atoms with van der Waals surface area (Å²) < 4.78 is 12.2. The third kappa shape index (κ3) is 8.20. The Morgan fingerprint density at radius 2 is 1.58 bits per heavy atom. The largest absolute Gasteiger partial charge is 0.490 e. The van der Waals surface area contributed by atoms with Crippen molar-refractivity contribution in [3.8, 4) is 11.5 Å². The average molecular weight is 622 g/mol. The summed E-state index contributed by atoms with van der Waals surface area (Å²) in [4.78, 5) is 35.4. The first-order valence-electron chi connectivity index (χ1n) is 11.2. The number of nitrogens with zero attached hydrogens (tertiary/aromatic N) is 1. The van der Waals surface area contributed by atoms with Crippen molar-refractivity contribution < 1.29 is 23.9 Å². The monoisotopic (exact) mass is 620 g/mol. The highest BCUT2D eigenvalue weighted by Gasteiger charge is 2.15. The Morgan fingerprint density at radius 3 is 2.18 bits per heavy atom. The Balaban J connectivity index is 1.63. The average Bonchev–Trinajstić information content (AvgIpc) is 2.86. The number of anilines is 2. The van der Waals surface area contributed by atoms with Crippen LogP contribution in [0, 0.1) is 0 Å². The van der Waals surface area contributed by atoms with E-state index in [0.717, 1.165) is 0 Å². The minimum atomic E-state index is -0.965. The maximum absolute atomic E-state index is 12.2. The lowest BCUT2D eigenvalue weighted by Crippen LogP contribution is -2.32. The fraction of sp³-hybridized carbons (Fsp3) is 0.154. The van der Waals surface area contributed by atoms with Crippen LogP contribution in [0.2, 0.25) is 10.0 Å². The van der Waals surface area contributed by atoms with Crippen LogP contribution in [-0.4, -0.2) is 30.5 Å². The second-order valence-electron chi connectivity index (χ2n) is 7.66. The fourth-order valence-electron chi connectivity index (χ4n) is 3.12. The molecule has 0 radical (unpaired) electrons. The molecule has 0 aliphatic rings. The van der Waals surface area contributed by atoms with Gasteiger partial charge in [0.05, 0.1) is 17.3 Å². The summed E-state index contributed by atoms with van der Waals surface area (Å²) in [5.41, 5.74) is 4.32. The van der Waals surface area contributed by atoms with Gasteiger partial charge in [0, 0.05) is 33.9 Å². The first kappa shape index (κ1) is 29.0. The van der Waals surface area contributed by atoms with E-state index in [1.54, 1.807) is 54.6 Å². The van der Waals surface area contributed by atoms with Crippen LogP contribution >= 0.6 is 39.1 Å². The minimum Gasteiger partial charge on any atom is -0.490 e. The van der Waals surface area contributed by atoms with E-state index in [1.807, 2.05) is 6.92 Å². The van der Waals surface area contributed by atoms with Gasteiger partial charge in [-0.3, -0.25) is 14.4 Å². The molecule has 0 fully saturated rings. The van der Waals surface area contributed by atoms with Crippen molar-refractivity contribution >= 4 is 74.4 Å². The molecule has 0 heterocycles. The SMILES string of the molecule is CCOc1cc(C=NNC(=O)C(=O)Nc2ccc(NC(C)=O)cc2)cc(Br)c1OCc1c(Cl)cccc1Cl. The van der Waals surface area contributed by atoms with Gasteiger partial charge >= 0.3 is 11.8 Å². The molecule has 0 spiro atoms. The fourth-order valence-corrected chi connectivity index (χ4v) is 4.21. The standard InChI is InChI=1S/C26H23BrCl2N4O5/c1-3-37-23-12-16(11-20(27)24(23)38-14-19-21(28)5-4-6-22(19)29)13-30-33-26(36)25(35)32-18-9-7-17(8-10-18)31-15(2)34/h4-13H,3,14H2,1-2H3,(H,31,34)(H,32,35)(H,33,36). The van der Waals surface area contributed by atoms with Crippen molar-refractivity contribution in [3.63, 3.8) is 0 Å². The number of ether oxygens (including phenoxy) is 2. The van der Waals surface area contributed by atoms with Gasteiger partial charge in [0.25, 0.3) is 0 Å². The van der Waals surface area contributed by atoms with Crippen molar-refractivity contribution in [2.24, 2.45) is 5.10 Å². The minimum absolute atomic E-state index is 0.117. The molecule has 0 saturated heterocycles. The number of rotatable bonds is 9. The van der Waals surface area contributed by atoms with Crippen LogP contribution in [0.5, 0.6) is 11.5 Å². The molecule has 3 aromatic carbocycles. The Morgan fingerprint density at radius 1 is 0.947 bits per heavy atom. The molecule has 0 atom stereocenters. The molecular formula is C26H23BrCl2N4O5. The molecule has 9 nitrogen and oxygen atoms in total. The lowest BCUT2D eigenvalue weighted by molar-refractivity contribution is -0.136. The summed E-state index contributed by atoms with van der Waals surface area (Å²) in [6, 6.07) is 14.9. The number of hydrazone groups is 1. The number of carbonyl (C=O) groups is 3. The van der Waals surface area contributed by atoms with Gasteiger partial charge in [-0.1, -0.05) is 29.3 Å². The zero-order valence-electron chi connectivity index (χ0n) is 20.3. The van der Waals surface area contributed by atoms with Crippen molar-refractivity contribution in [1.29, 1.82) is 0 Å². The summed E-state index contributed by atoms with van der Waals surface area (Å²) in [5, 5.41) is 9.88. The normalized spacial score (nSPS) is 10.7. The van der Waals surface area contributed by atoms with E-state index in [2.05, 4.69) is 37.1 Å². The molecule has 3 rings (SSSR count). The Hall–Kier alpha value is -3.60. The summed E-state index contributed by atoms with van der Waals surface area (Å²) in [6.07, 6.45) is 1.36. The summed E-state index contributed by atoms with van der Waals surface area (Å²) in [6.45, 7) is 3.71. The molecule has 0 bridgehead atoms. The quantitative estimate of drug-likeness (QED) is 0.159. The first-order chi connectivity index (χ1) is 18.2. The number of hydrogen-bond acceptors (Lipinski definition) is 6. The van der Waals surface area contributed by atoms with Gasteiger partial charge in [0.2, 0.25) is 5.91 Å². The third-order valence-corrected chi connectivity index (χ3v) is 6.10. The Kier molecular flexibility index (Phi) is 10.5. The molecular weight excluding hydrogens is 599 g/mol. The van der Waals surface area contributed by atoms with Crippen LogP contribution in [0.1, 0.15) is 25.0 Å². The van der Waals surface area contributed by atoms with Crippen molar-refractivity contribution in [2.45, 2.75) is 20.5 Å². The number of hydrogen-bond donors (Lipinski definition) is 3. The van der Waals surface area contributed by atoms with Gasteiger partial charge in [-0.25, -0.2) is 5.43 Å². The highest BCUT2D eigenvalue weighted by Crippen LogP contribution is 2.38. The van der Waals surface area contributed by atoms with Crippen molar-refractivity contribution in [2.75, 3.05) is 17.2 Å². The van der Waals surface area contributed by atoms with E-state index in [0.29, 0.717) is 55.1 Å². The van der Waals surface area contributed by atoms with Crippen LogP contribution in [0.15, 0.2) is 64.2 Å². The molecule has 3 amide bonds. The van der Waals surface area contributed by atoms with Gasteiger partial charge in [-0.15, -0.1) is 0 Å². The molecule has 3 N–H and O–H groups in total. The smallest absolute Gasteiger partial charge is 0.329 e. The predicted molar refractivity (Wildman–Crippen MR) is 151 cm³/mol. The van der Waals surface area contributed by atoms with E-state index in [-0.39, 0.29) is 12.5 Å². The van der Waals surface area contributed by atoms with Gasteiger partial charge in [-0.05, 0) is 76.9 Å². The molecule has 0 aliphatic carbocycles. The van der Waals surface area contributed by atoms with E-state index >= 15 is 0 Å². The lowest BCUT2D eigenvalue weighted by atomic mass is 10.2. The molecule has 3 aromatic rings. The number of nitrogens with one attached hydrogen (secondary N) is 3. The topological polar surface area (TPSA) is 118 Å². The van der Waals surface area contributed by atoms with Crippen molar-refractivity contribution in [1.82, 2.24) is 5.43 Å².